The van der Waals surface area contributed by atoms with Gasteiger partial charge in [-0.3, -0.25) is 10.1 Å². The number of nitro benzene ring substituents is 1. The van der Waals surface area contributed by atoms with Crippen LogP contribution in [-0.2, 0) is 19.1 Å². The number of esters is 2. The van der Waals surface area contributed by atoms with Gasteiger partial charge in [-0.15, -0.1) is 11.8 Å². The van der Waals surface area contributed by atoms with Crippen molar-refractivity contribution < 1.29 is 24.0 Å². The number of ether oxygens (including phenoxy) is 2. The molecule has 8 nitrogen and oxygen atoms in total. The first-order chi connectivity index (χ1) is 16.4. The molecule has 2 aromatic rings. The third-order valence-electron chi connectivity index (χ3n) is 5.21. The van der Waals surface area contributed by atoms with E-state index in [0.29, 0.717) is 17.1 Å². The first-order valence-corrected chi connectivity index (χ1v) is 11.8. The minimum atomic E-state index is -1.02. The summed E-state index contributed by atoms with van der Waals surface area (Å²) in [5.74, 6) is -1.95. The van der Waals surface area contributed by atoms with Gasteiger partial charge >= 0.3 is 11.9 Å². The van der Waals surface area contributed by atoms with E-state index < -0.39 is 22.8 Å². The van der Waals surface area contributed by atoms with Gasteiger partial charge in [-0.05, 0) is 32.9 Å². The monoisotopic (exact) mass is 482 g/mol. The Morgan fingerprint density at radius 3 is 2.18 bits per heavy atom. The van der Waals surface area contributed by atoms with Crippen LogP contribution in [0.5, 0.6) is 0 Å². The third kappa shape index (κ3) is 5.48. The molecule has 1 N–H and O–H groups in total. The fraction of sp³-hybridized carbons (Fsp3) is 0.280. The predicted octanol–water partition coefficient (Wildman–Crippen LogP) is 4.73. The van der Waals surface area contributed by atoms with Crippen LogP contribution >= 0.6 is 11.8 Å². The Hall–Kier alpha value is -3.59. The summed E-state index contributed by atoms with van der Waals surface area (Å²) in [6.07, 6.45) is 0. The molecular formula is C25H26N2O6S. The molecule has 1 aliphatic rings. The molecule has 0 saturated carbocycles. The number of para-hydroxylation sites is 1. The molecule has 1 aliphatic heterocycles. The van der Waals surface area contributed by atoms with E-state index in [1.54, 1.807) is 39.0 Å². The lowest BCUT2D eigenvalue weighted by molar-refractivity contribution is -0.385. The predicted molar refractivity (Wildman–Crippen MR) is 129 cm³/mol. The Morgan fingerprint density at radius 2 is 1.56 bits per heavy atom. The molecule has 0 aromatic heterocycles. The number of nitrogens with one attached hydrogen (secondary N) is 1. The molecule has 0 bridgehead atoms. The summed E-state index contributed by atoms with van der Waals surface area (Å²) >= 11 is 1.50. The SMILES string of the molecule is CCOC(=O)C1=C(C)NC(CSc2ccccc2)=C(C(=O)OCC)C1c1ccccc1[N+](=O)[O-]. The smallest absolute Gasteiger partial charge is 0.336 e. The summed E-state index contributed by atoms with van der Waals surface area (Å²) < 4.78 is 10.6. The average Bonchev–Trinajstić information content (AvgIpc) is 2.83. The van der Waals surface area contributed by atoms with E-state index in [0.717, 1.165) is 4.90 Å². The van der Waals surface area contributed by atoms with Crippen molar-refractivity contribution in [3.63, 3.8) is 0 Å². The summed E-state index contributed by atoms with van der Waals surface area (Å²) in [6.45, 7) is 5.29. The quantitative estimate of drug-likeness (QED) is 0.237. The molecule has 0 radical (unpaired) electrons. The van der Waals surface area contributed by atoms with Crippen LogP contribution in [0, 0.1) is 10.1 Å². The summed E-state index contributed by atoms with van der Waals surface area (Å²) in [5.41, 5.74) is 1.34. The number of dihydropyridines is 1. The largest absolute Gasteiger partial charge is 0.463 e. The first-order valence-electron chi connectivity index (χ1n) is 10.8. The van der Waals surface area contributed by atoms with Crippen molar-refractivity contribution in [2.45, 2.75) is 31.6 Å². The van der Waals surface area contributed by atoms with Gasteiger partial charge in [0.2, 0.25) is 0 Å². The van der Waals surface area contributed by atoms with Crippen LogP contribution in [0.25, 0.3) is 0 Å². The third-order valence-corrected chi connectivity index (χ3v) is 6.24. The van der Waals surface area contributed by atoms with Gasteiger partial charge in [0, 0.05) is 33.7 Å². The van der Waals surface area contributed by atoms with Crippen molar-refractivity contribution in [3.05, 3.63) is 92.8 Å². The standard InChI is InChI=1S/C25H26N2O6S/c1-4-32-24(28)21-16(3)26-19(15-34-17-11-7-6-8-12-17)23(25(29)33-5-2)22(21)18-13-9-10-14-20(18)27(30)31/h6-14,22,26H,4-5,15H2,1-3H3. The summed E-state index contributed by atoms with van der Waals surface area (Å²) in [5, 5.41) is 15.0. The van der Waals surface area contributed by atoms with E-state index >= 15 is 0 Å². The van der Waals surface area contributed by atoms with Gasteiger partial charge in [0.25, 0.3) is 5.69 Å². The van der Waals surface area contributed by atoms with E-state index in [2.05, 4.69) is 5.32 Å². The van der Waals surface area contributed by atoms with Crippen LogP contribution in [-0.4, -0.2) is 35.8 Å². The molecule has 0 amide bonds. The number of hydrogen-bond acceptors (Lipinski definition) is 8. The van der Waals surface area contributed by atoms with E-state index in [1.807, 2.05) is 30.3 Å². The maximum absolute atomic E-state index is 13.2. The maximum Gasteiger partial charge on any atom is 0.336 e. The molecule has 2 aromatic carbocycles. The first kappa shape index (κ1) is 25.0. The number of carbonyl (C=O) groups is 2. The molecule has 1 heterocycles. The van der Waals surface area contributed by atoms with E-state index in [-0.39, 0.29) is 35.6 Å². The van der Waals surface area contributed by atoms with Gasteiger partial charge in [-0.2, -0.15) is 0 Å². The van der Waals surface area contributed by atoms with Crippen LogP contribution in [0.15, 0.2) is 82.0 Å². The van der Waals surface area contributed by atoms with E-state index in [4.69, 9.17) is 9.47 Å². The lowest BCUT2D eigenvalue weighted by Crippen LogP contribution is -2.34. The number of rotatable bonds is 9. The molecule has 0 aliphatic carbocycles. The summed E-state index contributed by atoms with van der Waals surface area (Å²) in [6, 6.07) is 15.7. The minimum Gasteiger partial charge on any atom is -0.463 e. The molecule has 1 atom stereocenters. The van der Waals surface area contributed by atoms with E-state index in [9.17, 15) is 19.7 Å². The van der Waals surface area contributed by atoms with Gasteiger partial charge in [-0.25, -0.2) is 9.59 Å². The zero-order valence-electron chi connectivity index (χ0n) is 19.2. The zero-order valence-corrected chi connectivity index (χ0v) is 20.0. The molecule has 1 unspecified atom stereocenters. The highest BCUT2D eigenvalue weighted by molar-refractivity contribution is 7.99. The van der Waals surface area contributed by atoms with Gasteiger partial charge in [0.05, 0.1) is 35.2 Å². The molecular weight excluding hydrogens is 456 g/mol. The van der Waals surface area contributed by atoms with Crippen LogP contribution in [0.1, 0.15) is 32.3 Å². The Bertz CT molecular complexity index is 1140. The topological polar surface area (TPSA) is 108 Å². The average molecular weight is 483 g/mol. The second-order valence-electron chi connectivity index (χ2n) is 7.35. The molecule has 34 heavy (non-hydrogen) atoms. The van der Waals surface area contributed by atoms with Crippen LogP contribution in [0.2, 0.25) is 0 Å². The lowest BCUT2D eigenvalue weighted by Gasteiger charge is -2.31. The highest BCUT2D eigenvalue weighted by Crippen LogP contribution is 2.43. The van der Waals surface area contributed by atoms with Crippen molar-refractivity contribution >= 4 is 29.4 Å². The van der Waals surface area contributed by atoms with Crippen molar-refractivity contribution in [2.75, 3.05) is 19.0 Å². The molecule has 0 spiro atoms. The Morgan fingerprint density at radius 1 is 0.971 bits per heavy atom. The van der Waals surface area contributed by atoms with E-state index in [1.165, 1.54) is 17.8 Å². The molecule has 0 fully saturated rings. The van der Waals surface area contributed by atoms with Crippen LogP contribution < -0.4 is 5.32 Å². The number of nitrogens with zero attached hydrogens (tertiary/aromatic N) is 1. The van der Waals surface area contributed by atoms with Gasteiger partial charge in [0.1, 0.15) is 0 Å². The number of benzene rings is 2. The summed E-state index contributed by atoms with van der Waals surface area (Å²) in [7, 11) is 0. The van der Waals surface area contributed by atoms with Crippen molar-refractivity contribution in [1.82, 2.24) is 5.32 Å². The fourth-order valence-corrected chi connectivity index (χ4v) is 4.71. The summed E-state index contributed by atoms with van der Waals surface area (Å²) in [4.78, 5) is 38.6. The minimum absolute atomic E-state index is 0.114. The van der Waals surface area contributed by atoms with Crippen LogP contribution in [0.3, 0.4) is 0 Å². The highest BCUT2D eigenvalue weighted by atomic mass is 32.2. The number of nitro groups is 1. The normalized spacial score (nSPS) is 15.6. The van der Waals surface area contributed by atoms with Gasteiger partial charge < -0.3 is 14.8 Å². The lowest BCUT2D eigenvalue weighted by atomic mass is 9.79. The maximum atomic E-state index is 13.2. The number of hydrogen-bond donors (Lipinski definition) is 1. The number of allylic oxidation sites excluding steroid dienone is 1. The van der Waals surface area contributed by atoms with Crippen LogP contribution in [0.4, 0.5) is 5.69 Å². The molecule has 3 rings (SSSR count). The molecule has 9 heteroatoms. The number of thioether (sulfide) groups is 1. The fourth-order valence-electron chi connectivity index (χ4n) is 3.82. The second kappa shape index (κ2) is 11.5. The van der Waals surface area contributed by atoms with Gasteiger partial charge in [-0.1, -0.05) is 36.4 Å². The van der Waals surface area contributed by atoms with Gasteiger partial charge in [0.15, 0.2) is 0 Å². The zero-order chi connectivity index (χ0) is 24.7. The van der Waals surface area contributed by atoms with Crippen molar-refractivity contribution in [3.8, 4) is 0 Å². The molecule has 178 valence electrons. The number of carbonyl (C=O) groups excluding carboxylic acids is 2. The highest BCUT2D eigenvalue weighted by Gasteiger charge is 2.41. The van der Waals surface area contributed by atoms with Crippen molar-refractivity contribution in [2.24, 2.45) is 0 Å². The second-order valence-corrected chi connectivity index (χ2v) is 8.40. The Balaban J connectivity index is 2.21. The Kier molecular flexibility index (Phi) is 8.48. The van der Waals surface area contributed by atoms with Crippen molar-refractivity contribution in [1.29, 1.82) is 0 Å². The molecule has 0 saturated heterocycles. The Labute approximate surface area is 202 Å².